The Labute approximate surface area is 73.8 Å². The first-order chi connectivity index (χ1) is 6.27. The largest absolute Gasteiger partial charge is 0.542 e. The molecule has 0 aliphatic carbocycles. The number of aromatic nitrogens is 1. The van der Waals surface area contributed by atoms with Crippen molar-refractivity contribution in [2.75, 3.05) is 0 Å². The van der Waals surface area contributed by atoms with Gasteiger partial charge in [0.2, 0.25) is 0 Å². The average Bonchev–Trinajstić information content (AvgIpc) is 2.53. The van der Waals surface area contributed by atoms with E-state index in [1.54, 1.807) is 0 Å². The van der Waals surface area contributed by atoms with E-state index in [2.05, 4.69) is 9.68 Å². The SMILES string of the molecule is Cc1ccccc1-c1noc(=O)o1. The molecule has 0 saturated heterocycles. The maximum atomic E-state index is 10.6. The van der Waals surface area contributed by atoms with Crippen LogP contribution in [-0.4, -0.2) is 5.16 Å². The summed E-state index contributed by atoms with van der Waals surface area (Å²) in [5.41, 5.74) is 1.76. The van der Waals surface area contributed by atoms with Crippen LogP contribution < -0.4 is 5.82 Å². The molecule has 1 aromatic carbocycles. The fourth-order valence-electron chi connectivity index (χ4n) is 1.11. The zero-order valence-corrected chi connectivity index (χ0v) is 6.98. The molecule has 0 atom stereocenters. The zero-order chi connectivity index (χ0) is 9.26. The van der Waals surface area contributed by atoms with Crippen molar-refractivity contribution in [2.24, 2.45) is 0 Å². The predicted octanol–water partition coefficient (Wildman–Crippen LogP) is 1.60. The molecule has 0 radical (unpaired) electrons. The molecule has 0 fully saturated rings. The van der Waals surface area contributed by atoms with Crippen LogP contribution in [0.25, 0.3) is 11.5 Å². The summed E-state index contributed by atoms with van der Waals surface area (Å²) in [6.45, 7) is 1.91. The van der Waals surface area contributed by atoms with Gasteiger partial charge >= 0.3 is 5.82 Å². The highest BCUT2D eigenvalue weighted by Gasteiger charge is 2.08. The van der Waals surface area contributed by atoms with E-state index in [0.717, 1.165) is 11.1 Å². The molecule has 0 bridgehead atoms. The van der Waals surface area contributed by atoms with Crippen LogP contribution in [0, 0.1) is 6.92 Å². The van der Waals surface area contributed by atoms with Gasteiger partial charge in [0.25, 0.3) is 5.89 Å². The highest BCUT2D eigenvalue weighted by molar-refractivity contribution is 5.57. The van der Waals surface area contributed by atoms with Crippen LogP contribution in [-0.2, 0) is 0 Å². The third-order valence-electron chi connectivity index (χ3n) is 1.76. The van der Waals surface area contributed by atoms with E-state index in [0.29, 0.717) is 0 Å². The summed E-state index contributed by atoms with van der Waals surface area (Å²) in [5, 5.41) is 3.49. The second-order valence-corrected chi connectivity index (χ2v) is 2.65. The lowest BCUT2D eigenvalue weighted by atomic mass is 10.1. The van der Waals surface area contributed by atoms with Crippen LogP contribution in [0.2, 0.25) is 0 Å². The standard InChI is InChI=1S/C9H7NO3/c1-6-4-2-3-5-7(6)8-10-13-9(11)12-8/h2-5H,1H3. The lowest BCUT2D eigenvalue weighted by Crippen LogP contribution is -1.86. The Morgan fingerprint density at radius 1 is 1.31 bits per heavy atom. The fraction of sp³-hybridized carbons (Fsp3) is 0.111. The van der Waals surface area contributed by atoms with E-state index in [9.17, 15) is 4.79 Å². The van der Waals surface area contributed by atoms with Gasteiger partial charge < -0.3 is 4.42 Å². The average molecular weight is 177 g/mol. The van der Waals surface area contributed by atoms with Crippen LogP contribution in [0.15, 0.2) is 38.0 Å². The molecule has 0 spiro atoms. The van der Waals surface area contributed by atoms with E-state index in [1.807, 2.05) is 31.2 Å². The summed E-state index contributed by atoms with van der Waals surface area (Å²) in [4.78, 5) is 10.6. The molecule has 66 valence electrons. The summed E-state index contributed by atoms with van der Waals surface area (Å²) in [5.74, 6) is -0.554. The highest BCUT2D eigenvalue weighted by atomic mass is 16.6. The Morgan fingerprint density at radius 2 is 2.08 bits per heavy atom. The van der Waals surface area contributed by atoms with Gasteiger partial charge in [0.05, 0.1) is 0 Å². The third kappa shape index (κ3) is 1.38. The molecule has 0 N–H and O–H groups in total. The molecule has 0 aliphatic heterocycles. The maximum Gasteiger partial charge on any atom is 0.542 e. The zero-order valence-electron chi connectivity index (χ0n) is 6.98. The first kappa shape index (κ1) is 7.79. The van der Waals surface area contributed by atoms with Crippen LogP contribution in [0.4, 0.5) is 0 Å². The van der Waals surface area contributed by atoms with Gasteiger partial charge in [-0.25, -0.2) is 4.79 Å². The minimum atomic E-state index is -0.779. The lowest BCUT2D eigenvalue weighted by molar-refractivity contribution is 0.335. The predicted molar refractivity (Wildman–Crippen MR) is 45.2 cm³/mol. The van der Waals surface area contributed by atoms with Crippen molar-refractivity contribution >= 4 is 0 Å². The van der Waals surface area contributed by atoms with Gasteiger partial charge in [-0.05, 0) is 23.7 Å². The molecular weight excluding hydrogens is 170 g/mol. The topological polar surface area (TPSA) is 56.2 Å². The number of hydrogen-bond donors (Lipinski definition) is 0. The molecule has 4 heteroatoms. The minimum absolute atomic E-state index is 0.225. The number of rotatable bonds is 1. The van der Waals surface area contributed by atoms with Crippen molar-refractivity contribution in [3.05, 3.63) is 40.4 Å². The van der Waals surface area contributed by atoms with Gasteiger partial charge in [0.1, 0.15) is 0 Å². The molecule has 2 rings (SSSR count). The van der Waals surface area contributed by atoms with Crippen molar-refractivity contribution in [3.8, 4) is 11.5 Å². The van der Waals surface area contributed by atoms with Gasteiger partial charge in [-0.2, -0.15) is 0 Å². The smallest absolute Gasteiger partial charge is 0.370 e. The first-order valence-electron chi connectivity index (χ1n) is 3.80. The van der Waals surface area contributed by atoms with Gasteiger partial charge in [-0.3, -0.25) is 4.52 Å². The molecule has 13 heavy (non-hydrogen) atoms. The lowest BCUT2D eigenvalue weighted by Gasteiger charge is -1.96. The molecule has 0 amide bonds. The van der Waals surface area contributed by atoms with E-state index in [4.69, 9.17) is 4.42 Å². The summed E-state index contributed by atoms with van der Waals surface area (Å²) in [6, 6.07) is 7.47. The molecule has 0 aliphatic rings. The van der Waals surface area contributed by atoms with Crippen LogP contribution >= 0.6 is 0 Å². The van der Waals surface area contributed by atoms with E-state index < -0.39 is 5.82 Å². The number of nitrogens with zero attached hydrogens (tertiary/aromatic N) is 1. The van der Waals surface area contributed by atoms with Crippen molar-refractivity contribution in [2.45, 2.75) is 6.92 Å². The number of aryl methyl sites for hydroxylation is 1. The van der Waals surface area contributed by atoms with Gasteiger partial charge in [0, 0.05) is 5.56 Å². The van der Waals surface area contributed by atoms with Crippen molar-refractivity contribution in [1.29, 1.82) is 0 Å². The van der Waals surface area contributed by atoms with Crippen LogP contribution in [0.3, 0.4) is 0 Å². The monoisotopic (exact) mass is 177 g/mol. The Hall–Kier alpha value is -1.84. The van der Waals surface area contributed by atoms with Crippen molar-refractivity contribution < 1.29 is 8.94 Å². The Morgan fingerprint density at radius 3 is 2.69 bits per heavy atom. The summed E-state index contributed by atoms with van der Waals surface area (Å²) in [6.07, 6.45) is 0. The molecule has 0 saturated carbocycles. The number of benzene rings is 1. The van der Waals surface area contributed by atoms with Crippen molar-refractivity contribution in [1.82, 2.24) is 5.16 Å². The van der Waals surface area contributed by atoms with Gasteiger partial charge in [-0.15, -0.1) is 0 Å². The summed E-state index contributed by atoms with van der Waals surface area (Å²) in [7, 11) is 0. The quantitative estimate of drug-likeness (QED) is 0.663. The Kier molecular flexibility index (Phi) is 1.73. The summed E-state index contributed by atoms with van der Waals surface area (Å²) >= 11 is 0. The normalized spacial score (nSPS) is 10.2. The molecule has 1 aromatic heterocycles. The van der Waals surface area contributed by atoms with E-state index in [-0.39, 0.29) is 5.89 Å². The van der Waals surface area contributed by atoms with Crippen LogP contribution in [0.5, 0.6) is 0 Å². The van der Waals surface area contributed by atoms with Crippen LogP contribution in [0.1, 0.15) is 5.56 Å². The second-order valence-electron chi connectivity index (χ2n) is 2.65. The van der Waals surface area contributed by atoms with E-state index in [1.165, 1.54) is 0 Å². The van der Waals surface area contributed by atoms with E-state index >= 15 is 0 Å². The molecule has 2 aromatic rings. The third-order valence-corrected chi connectivity index (χ3v) is 1.76. The second kappa shape index (κ2) is 2.90. The number of hydrogen-bond acceptors (Lipinski definition) is 4. The maximum absolute atomic E-state index is 10.6. The molecular formula is C9H7NO3. The van der Waals surface area contributed by atoms with Crippen molar-refractivity contribution in [3.63, 3.8) is 0 Å². The molecule has 0 unspecified atom stereocenters. The van der Waals surface area contributed by atoms with Gasteiger partial charge in [-0.1, -0.05) is 18.2 Å². The minimum Gasteiger partial charge on any atom is -0.370 e. The Bertz CT molecular complexity index is 469. The first-order valence-corrected chi connectivity index (χ1v) is 3.80. The summed E-state index contributed by atoms with van der Waals surface area (Å²) < 4.78 is 9.02. The van der Waals surface area contributed by atoms with Gasteiger partial charge in [0.15, 0.2) is 0 Å². The Balaban J connectivity index is 2.58. The molecule has 1 heterocycles. The highest BCUT2D eigenvalue weighted by Crippen LogP contribution is 2.18. The molecule has 4 nitrogen and oxygen atoms in total. The fourth-order valence-corrected chi connectivity index (χ4v) is 1.11.